The molecule has 0 saturated carbocycles. The minimum Gasteiger partial charge on any atom is -0.314 e. The van der Waals surface area contributed by atoms with Crippen LogP contribution in [0.15, 0.2) is 21.9 Å². The monoisotopic (exact) mass is 242 g/mol. The van der Waals surface area contributed by atoms with Gasteiger partial charge < -0.3 is 4.98 Å². The van der Waals surface area contributed by atoms with E-state index >= 15 is 0 Å². The number of nitrogens with zero attached hydrogens (tertiary/aromatic N) is 1. The lowest BCUT2D eigenvalue weighted by molar-refractivity contribution is 0.0886. The van der Waals surface area contributed by atoms with Crippen molar-refractivity contribution in [1.29, 1.82) is 0 Å². The number of aromatic nitrogens is 2. The second-order valence-corrected chi connectivity index (χ2v) is 3.75. The van der Waals surface area contributed by atoms with Crippen molar-refractivity contribution in [2.75, 3.05) is 0 Å². The van der Waals surface area contributed by atoms with Gasteiger partial charge >= 0.3 is 5.69 Å². The van der Waals surface area contributed by atoms with E-state index in [1.807, 2.05) is 0 Å². The molecule has 1 N–H and O–H groups in total. The van der Waals surface area contributed by atoms with E-state index < -0.39 is 23.3 Å². The van der Waals surface area contributed by atoms with E-state index in [0.29, 0.717) is 17.4 Å². The van der Waals surface area contributed by atoms with Crippen molar-refractivity contribution < 1.29 is 9.18 Å². The lowest BCUT2D eigenvalue weighted by atomic mass is 10.1. The average Bonchev–Trinajstić information content (AvgIpc) is 2.28. The molecular weight excluding hydrogens is 227 g/mol. The molecule has 1 heterocycles. The molecule has 1 aromatic heterocycles. The third kappa shape index (κ3) is 3.65. The number of H-pyrrole nitrogens is 1. The van der Waals surface area contributed by atoms with Crippen LogP contribution in [0.5, 0.6) is 0 Å². The Morgan fingerprint density at radius 2 is 2.24 bits per heavy atom. The summed E-state index contributed by atoms with van der Waals surface area (Å²) in [6.07, 6.45) is 1.24. The van der Waals surface area contributed by atoms with E-state index in [-0.39, 0.29) is 12.8 Å². The lowest BCUT2D eigenvalue weighted by Crippen LogP contribution is -2.38. The summed E-state index contributed by atoms with van der Waals surface area (Å²) in [6.45, 7) is 1.72. The smallest absolute Gasteiger partial charge is 0.314 e. The van der Waals surface area contributed by atoms with E-state index in [4.69, 9.17) is 0 Å². The first-order valence-corrected chi connectivity index (χ1v) is 5.54. The molecule has 0 aliphatic rings. The largest absolute Gasteiger partial charge is 0.335 e. The first-order chi connectivity index (χ1) is 8.06. The van der Waals surface area contributed by atoms with Crippen molar-refractivity contribution in [1.82, 2.24) is 9.55 Å². The number of halogens is 1. The number of alkyl halides is 1. The molecule has 1 unspecified atom stereocenters. The molecule has 0 aromatic carbocycles. The molecular formula is C11H15FN2O3. The quantitative estimate of drug-likeness (QED) is 0.840. The van der Waals surface area contributed by atoms with Crippen LogP contribution < -0.4 is 11.2 Å². The first-order valence-electron chi connectivity index (χ1n) is 5.54. The summed E-state index contributed by atoms with van der Waals surface area (Å²) in [7, 11) is 0. The first kappa shape index (κ1) is 13.3. The Kier molecular flexibility index (Phi) is 4.81. The summed E-state index contributed by atoms with van der Waals surface area (Å²) in [5.74, 6) is -0.597. The zero-order valence-electron chi connectivity index (χ0n) is 9.61. The molecule has 0 fully saturated rings. The molecule has 17 heavy (non-hydrogen) atoms. The van der Waals surface area contributed by atoms with Gasteiger partial charge in [0.05, 0.1) is 6.17 Å². The molecule has 0 aliphatic heterocycles. The molecule has 0 aliphatic carbocycles. The van der Waals surface area contributed by atoms with Crippen LogP contribution in [-0.4, -0.2) is 21.6 Å². The highest BCUT2D eigenvalue weighted by molar-refractivity contribution is 5.78. The van der Waals surface area contributed by atoms with Gasteiger partial charge in [-0.2, -0.15) is 4.57 Å². The fraction of sp³-hybridized carbons (Fsp3) is 0.545. The molecule has 1 aromatic rings. The predicted octanol–water partition coefficient (Wildman–Crippen LogP) is 1.10. The Labute approximate surface area is 97.3 Å². The van der Waals surface area contributed by atoms with Gasteiger partial charge in [-0.1, -0.05) is 6.92 Å². The summed E-state index contributed by atoms with van der Waals surface area (Å²) in [5, 5.41) is 0. The Hall–Kier alpha value is -1.72. The molecule has 5 nitrogen and oxygen atoms in total. The fourth-order valence-corrected chi connectivity index (χ4v) is 1.45. The zero-order chi connectivity index (χ0) is 12.8. The zero-order valence-corrected chi connectivity index (χ0v) is 9.61. The van der Waals surface area contributed by atoms with Gasteiger partial charge in [0, 0.05) is 18.7 Å². The number of carbonyl (C=O) groups is 1. The molecule has 1 rings (SSSR count). The Morgan fingerprint density at radius 3 is 2.82 bits per heavy atom. The molecule has 0 spiro atoms. The Balaban J connectivity index is 2.65. The summed E-state index contributed by atoms with van der Waals surface area (Å²) < 4.78 is 13.4. The molecule has 0 bridgehead atoms. The number of carbonyl (C=O) groups excluding carboxylic acids is 1. The summed E-state index contributed by atoms with van der Waals surface area (Å²) >= 11 is 0. The highest BCUT2D eigenvalue weighted by atomic mass is 19.1. The van der Waals surface area contributed by atoms with Crippen LogP contribution in [-0.2, 0) is 0 Å². The molecule has 0 radical (unpaired) electrons. The highest BCUT2D eigenvalue weighted by Gasteiger charge is 2.11. The van der Waals surface area contributed by atoms with E-state index in [0.717, 1.165) is 6.07 Å². The van der Waals surface area contributed by atoms with Gasteiger partial charge in [-0.3, -0.25) is 9.59 Å². The second kappa shape index (κ2) is 6.12. The second-order valence-electron chi connectivity index (χ2n) is 3.75. The van der Waals surface area contributed by atoms with Crippen LogP contribution in [0.25, 0.3) is 0 Å². The van der Waals surface area contributed by atoms with E-state index in [1.165, 1.54) is 6.20 Å². The van der Waals surface area contributed by atoms with Crippen LogP contribution in [0.1, 0.15) is 37.4 Å². The number of hydrogen-bond acceptors (Lipinski definition) is 3. The third-order valence-corrected chi connectivity index (χ3v) is 2.46. The Morgan fingerprint density at radius 1 is 1.53 bits per heavy atom. The SMILES string of the molecule is CCC(F)CCCC(=O)n1c(=O)cc[nH]c1=O. The number of nitrogens with one attached hydrogen (secondary N) is 1. The van der Waals surface area contributed by atoms with Gasteiger partial charge in [0.25, 0.3) is 5.56 Å². The van der Waals surface area contributed by atoms with E-state index in [2.05, 4.69) is 4.98 Å². The van der Waals surface area contributed by atoms with Gasteiger partial charge in [0.1, 0.15) is 0 Å². The maximum atomic E-state index is 12.9. The number of hydrogen-bond donors (Lipinski definition) is 1. The molecule has 94 valence electrons. The predicted molar refractivity (Wildman–Crippen MR) is 61.0 cm³/mol. The highest BCUT2D eigenvalue weighted by Crippen LogP contribution is 2.08. The molecule has 6 heteroatoms. The summed E-state index contributed by atoms with van der Waals surface area (Å²) in [5.41, 5.74) is -1.42. The third-order valence-electron chi connectivity index (χ3n) is 2.46. The summed E-state index contributed by atoms with van der Waals surface area (Å²) in [6, 6.07) is 1.10. The minimum atomic E-state index is -0.937. The molecule has 0 amide bonds. The van der Waals surface area contributed by atoms with Crippen molar-refractivity contribution in [3.05, 3.63) is 33.1 Å². The van der Waals surface area contributed by atoms with Crippen molar-refractivity contribution in [3.63, 3.8) is 0 Å². The number of aromatic amines is 1. The van der Waals surface area contributed by atoms with Crippen molar-refractivity contribution >= 4 is 5.91 Å². The van der Waals surface area contributed by atoms with Crippen LogP contribution >= 0.6 is 0 Å². The normalized spacial score (nSPS) is 12.4. The van der Waals surface area contributed by atoms with Crippen molar-refractivity contribution in [3.8, 4) is 0 Å². The van der Waals surface area contributed by atoms with E-state index in [1.54, 1.807) is 6.92 Å². The van der Waals surface area contributed by atoms with Crippen LogP contribution in [0.4, 0.5) is 4.39 Å². The Bertz CT molecular complexity index is 464. The van der Waals surface area contributed by atoms with Crippen molar-refractivity contribution in [2.24, 2.45) is 0 Å². The van der Waals surface area contributed by atoms with Crippen LogP contribution in [0, 0.1) is 0 Å². The van der Waals surface area contributed by atoms with Crippen LogP contribution in [0.3, 0.4) is 0 Å². The van der Waals surface area contributed by atoms with Gasteiger partial charge in [-0.25, -0.2) is 9.18 Å². The van der Waals surface area contributed by atoms with E-state index in [9.17, 15) is 18.8 Å². The van der Waals surface area contributed by atoms with Gasteiger partial charge in [-0.15, -0.1) is 0 Å². The molecule has 1 atom stereocenters. The average molecular weight is 242 g/mol. The molecule has 0 saturated heterocycles. The van der Waals surface area contributed by atoms with Gasteiger partial charge in [0.15, 0.2) is 0 Å². The lowest BCUT2D eigenvalue weighted by Gasteiger charge is -2.04. The van der Waals surface area contributed by atoms with Crippen molar-refractivity contribution in [2.45, 2.75) is 38.8 Å². The maximum absolute atomic E-state index is 12.9. The maximum Gasteiger partial charge on any atom is 0.335 e. The van der Waals surface area contributed by atoms with Crippen LogP contribution in [0.2, 0.25) is 0 Å². The topological polar surface area (TPSA) is 71.9 Å². The number of rotatable bonds is 5. The summed E-state index contributed by atoms with van der Waals surface area (Å²) in [4.78, 5) is 36.4. The van der Waals surface area contributed by atoms with Gasteiger partial charge in [0.2, 0.25) is 5.91 Å². The fourth-order valence-electron chi connectivity index (χ4n) is 1.45. The standard InChI is InChI=1S/C11H15FN2O3/c1-2-8(12)4-3-5-9(15)14-10(16)6-7-13-11(14)17/h6-8H,2-5H2,1H3,(H,13,17). The van der Waals surface area contributed by atoms with Gasteiger partial charge in [-0.05, 0) is 19.3 Å². The minimum absolute atomic E-state index is 0.00653.